The van der Waals surface area contributed by atoms with E-state index in [9.17, 15) is 18.0 Å². The van der Waals surface area contributed by atoms with Gasteiger partial charge in [-0.25, -0.2) is 13.2 Å². The Kier molecular flexibility index (Phi) is 9.62. The highest BCUT2D eigenvalue weighted by atomic mass is 79.9. The van der Waals surface area contributed by atoms with Gasteiger partial charge in [0.05, 0.1) is 34.6 Å². The molecule has 0 spiro atoms. The summed E-state index contributed by atoms with van der Waals surface area (Å²) >= 11 is 4.33. The van der Waals surface area contributed by atoms with Crippen LogP contribution in [0.25, 0.3) is 0 Å². The van der Waals surface area contributed by atoms with Crippen molar-refractivity contribution in [2.24, 2.45) is 0 Å². The number of amides is 1. The molecule has 0 atom stereocenters. The minimum Gasteiger partial charge on any atom is -0.492 e. The van der Waals surface area contributed by atoms with Crippen LogP contribution in [0.5, 0.6) is 5.75 Å². The highest BCUT2D eigenvalue weighted by Gasteiger charge is 2.28. The molecule has 4 rings (SSSR count). The van der Waals surface area contributed by atoms with Gasteiger partial charge in [0, 0.05) is 31.0 Å². The Labute approximate surface area is 239 Å². The molecule has 208 valence electrons. The van der Waals surface area contributed by atoms with Crippen molar-refractivity contribution < 1.29 is 32.2 Å². The molecule has 1 fully saturated rings. The Morgan fingerprint density at radius 1 is 1.05 bits per heavy atom. The van der Waals surface area contributed by atoms with Gasteiger partial charge < -0.3 is 19.5 Å². The second-order valence-electron chi connectivity index (χ2n) is 8.61. The second kappa shape index (κ2) is 12.9. The summed E-state index contributed by atoms with van der Waals surface area (Å²) in [7, 11) is -2.77. The molecule has 2 aromatic carbocycles. The molecule has 3 aromatic rings. The average molecular weight is 639 g/mol. The molecule has 1 amide bonds. The molecule has 2 heterocycles. The summed E-state index contributed by atoms with van der Waals surface area (Å²) in [6.45, 7) is 6.22. The van der Waals surface area contributed by atoms with Crippen LogP contribution >= 0.6 is 27.3 Å². The number of methoxy groups -OCH3 is 1. The molecule has 39 heavy (non-hydrogen) atoms. The molecule has 0 saturated carbocycles. The number of carbonyl (C=O) groups is 2. The minimum atomic E-state index is -4.03. The number of hydrogen-bond donors (Lipinski definition) is 2. The number of morpholine rings is 1. The summed E-state index contributed by atoms with van der Waals surface area (Å²) in [5, 5.41) is 2.81. The summed E-state index contributed by atoms with van der Waals surface area (Å²) in [5.74, 6) is -0.263. The van der Waals surface area contributed by atoms with Crippen LogP contribution < -0.4 is 14.8 Å². The van der Waals surface area contributed by atoms with E-state index in [2.05, 4.69) is 35.6 Å². The Morgan fingerprint density at radius 3 is 2.33 bits per heavy atom. The molecule has 0 bridgehead atoms. The lowest BCUT2D eigenvalue weighted by Crippen LogP contribution is -2.38. The van der Waals surface area contributed by atoms with E-state index in [0.29, 0.717) is 33.0 Å². The third-order valence-corrected chi connectivity index (χ3v) is 9.88. The van der Waals surface area contributed by atoms with E-state index >= 15 is 0 Å². The van der Waals surface area contributed by atoms with Crippen molar-refractivity contribution in [3.05, 3.63) is 68.3 Å². The number of nitrogens with one attached hydrogen (secondary N) is 2. The van der Waals surface area contributed by atoms with Gasteiger partial charge in [0.25, 0.3) is 15.9 Å². The molecule has 10 nitrogen and oxygen atoms in total. The molecule has 0 unspecified atom stereocenters. The SMILES string of the molecule is COC(=O)c1ccc(NS(=O)(=O)c2c(Br)sc(C(=O)Nc3ccc(OCCN4CCOCC4)cc3)c2C)cc1. The molecule has 0 radical (unpaired) electrons. The maximum atomic E-state index is 13.2. The van der Waals surface area contributed by atoms with E-state index in [1.165, 1.54) is 31.4 Å². The first-order valence-electron chi connectivity index (χ1n) is 12.0. The molecule has 1 aliphatic rings. The predicted molar refractivity (Wildman–Crippen MR) is 152 cm³/mol. The van der Waals surface area contributed by atoms with Crippen LogP contribution in [0.2, 0.25) is 0 Å². The van der Waals surface area contributed by atoms with Gasteiger partial charge in [0.1, 0.15) is 17.3 Å². The maximum absolute atomic E-state index is 13.2. The van der Waals surface area contributed by atoms with Crippen molar-refractivity contribution in [2.75, 3.05) is 56.6 Å². The Morgan fingerprint density at radius 2 is 1.69 bits per heavy atom. The molecular weight excluding hydrogens is 610 g/mol. The number of sulfonamides is 1. The minimum absolute atomic E-state index is 0.0290. The van der Waals surface area contributed by atoms with Gasteiger partial charge in [-0.15, -0.1) is 11.3 Å². The molecule has 13 heteroatoms. The van der Waals surface area contributed by atoms with Crippen LogP contribution in [0.3, 0.4) is 0 Å². The number of halogens is 1. The quantitative estimate of drug-likeness (QED) is 0.314. The Balaban J connectivity index is 1.38. The van der Waals surface area contributed by atoms with Crippen LogP contribution in [0.15, 0.2) is 57.2 Å². The van der Waals surface area contributed by atoms with Crippen molar-refractivity contribution in [2.45, 2.75) is 11.8 Å². The van der Waals surface area contributed by atoms with E-state index in [1.807, 2.05) is 0 Å². The fourth-order valence-electron chi connectivity index (χ4n) is 3.92. The van der Waals surface area contributed by atoms with Crippen molar-refractivity contribution in [3.8, 4) is 5.75 Å². The van der Waals surface area contributed by atoms with Gasteiger partial charge in [-0.3, -0.25) is 14.4 Å². The van der Waals surface area contributed by atoms with Crippen molar-refractivity contribution in [3.63, 3.8) is 0 Å². The zero-order chi connectivity index (χ0) is 28.0. The first-order chi connectivity index (χ1) is 18.7. The zero-order valence-corrected chi connectivity index (χ0v) is 24.6. The van der Waals surface area contributed by atoms with Crippen LogP contribution in [0, 0.1) is 6.92 Å². The Hall–Kier alpha value is -2.97. The van der Waals surface area contributed by atoms with Crippen molar-refractivity contribution in [1.29, 1.82) is 0 Å². The summed E-state index contributed by atoms with van der Waals surface area (Å²) in [6.07, 6.45) is 0. The lowest BCUT2D eigenvalue weighted by atomic mass is 10.2. The summed E-state index contributed by atoms with van der Waals surface area (Å²) in [4.78, 5) is 27.1. The van der Waals surface area contributed by atoms with Gasteiger partial charge in [-0.2, -0.15) is 0 Å². The van der Waals surface area contributed by atoms with Crippen LogP contribution in [-0.2, 0) is 19.5 Å². The number of rotatable bonds is 10. The van der Waals surface area contributed by atoms with E-state index in [4.69, 9.17) is 9.47 Å². The first kappa shape index (κ1) is 29.0. The highest BCUT2D eigenvalue weighted by Crippen LogP contribution is 2.37. The number of ether oxygens (including phenoxy) is 3. The molecule has 1 saturated heterocycles. The largest absolute Gasteiger partial charge is 0.492 e. The van der Waals surface area contributed by atoms with E-state index in [-0.39, 0.29) is 15.5 Å². The number of benzene rings is 2. The fourth-order valence-corrected chi connectivity index (χ4v) is 7.95. The molecule has 2 N–H and O–H groups in total. The summed E-state index contributed by atoms with van der Waals surface area (Å²) < 4.78 is 44.9. The lowest BCUT2D eigenvalue weighted by molar-refractivity contribution is 0.0322. The number of hydrogen-bond acceptors (Lipinski definition) is 9. The summed E-state index contributed by atoms with van der Waals surface area (Å²) in [5.41, 5.74) is 1.42. The van der Waals surface area contributed by atoms with E-state index < -0.39 is 21.9 Å². The Bertz CT molecular complexity index is 1420. The third kappa shape index (κ3) is 7.37. The number of esters is 1. The van der Waals surface area contributed by atoms with Gasteiger partial charge >= 0.3 is 5.97 Å². The maximum Gasteiger partial charge on any atom is 0.337 e. The third-order valence-electron chi connectivity index (χ3n) is 5.98. The number of carbonyl (C=O) groups excluding carboxylic acids is 2. The number of thiophene rings is 1. The fraction of sp³-hybridized carbons (Fsp3) is 0.308. The lowest BCUT2D eigenvalue weighted by Gasteiger charge is -2.26. The van der Waals surface area contributed by atoms with Gasteiger partial charge in [-0.1, -0.05) is 0 Å². The average Bonchev–Trinajstić information content (AvgIpc) is 3.24. The van der Waals surface area contributed by atoms with Crippen LogP contribution in [-0.4, -0.2) is 71.8 Å². The van der Waals surface area contributed by atoms with Crippen molar-refractivity contribution >= 4 is 60.5 Å². The number of anilines is 2. The van der Waals surface area contributed by atoms with Gasteiger partial charge in [0.2, 0.25) is 0 Å². The second-order valence-corrected chi connectivity index (χ2v) is 12.6. The van der Waals surface area contributed by atoms with E-state index in [0.717, 1.165) is 44.2 Å². The van der Waals surface area contributed by atoms with Crippen molar-refractivity contribution in [1.82, 2.24) is 4.90 Å². The van der Waals surface area contributed by atoms with Gasteiger partial charge in [-0.05, 0) is 76.9 Å². The van der Waals surface area contributed by atoms with Gasteiger partial charge in [0.15, 0.2) is 0 Å². The van der Waals surface area contributed by atoms with Crippen LogP contribution in [0.1, 0.15) is 25.6 Å². The van der Waals surface area contributed by atoms with E-state index in [1.54, 1.807) is 31.2 Å². The highest BCUT2D eigenvalue weighted by molar-refractivity contribution is 9.11. The normalized spacial score (nSPS) is 14.0. The smallest absolute Gasteiger partial charge is 0.337 e. The molecule has 0 aliphatic carbocycles. The molecule has 1 aliphatic heterocycles. The first-order valence-corrected chi connectivity index (χ1v) is 15.1. The standard InChI is InChI=1S/C26H28BrN3O7S2/c1-17-22(25(31)28-19-7-9-21(10-8-19)37-16-13-30-11-14-36-15-12-30)38-24(27)23(17)39(33,34)29-20-5-3-18(4-6-20)26(32)35-2/h3-10,29H,11-16H2,1-2H3,(H,28,31). The predicted octanol–water partition coefficient (Wildman–Crippen LogP) is 4.37. The zero-order valence-electron chi connectivity index (χ0n) is 21.4. The molecule has 1 aromatic heterocycles. The topological polar surface area (TPSA) is 123 Å². The monoisotopic (exact) mass is 637 g/mol. The number of nitrogens with zero attached hydrogens (tertiary/aromatic N) is 1. The summed E-state index contributed by atoms with van der Waals surface area (Å²) in [6, 6.07) is 12.9. The van der Waals surface area contributed by atoms with Crippen LogP contribution in [0.4, 0.5) is 11.4 Å². The molecular formula is C26H28BrN3O7S2.